The van der Waals surface area contributed by atoms with Crippen LogP contribution in [0.5, 0.6) is 0 Å². The lowest BCUT2D eigenvalue weighted by molar-refractivity contribution is -0.121. The lowest BCUT2D eigenvalue weighted by Gasteiger charge is -2.25. The molecule has 1 atom stereocenters. The van der Waals surface area contributed by atoms with Crippen molar-refractivity contribution in [3.8, 4) is 5.69 Å². The SMILES string of the molecule is CC(C)(C=O)C(C=O)c1ccnn1-c1ccccc1. The van der Waals surface area contributed by atoms with E-state index in [4.69, 9.17) is 0 Å². The Hall–Kier alpha value is -2.23. The molecule has 0 bridgehead atoms. The third-order valence-corrected chi connectivity index (χ3v) is 3.23. The normalized spacial score (nSPS) is 12.9. The molecule has 0 fully saturated rings. The van der Waals surface area contributed by atoms with Crippen LogP contribution in [0.2, 0.25) is 0 Å². The topological polar surface area (TPSA) is 52.0 Å². The van der Waals surface area contributed by atoms with Crippen molar-refractivity contribution >= 4 is 12.6 Å². The van der Waals surface area contributed by atoms with E-state index in [9.17, 15) is 9.59 Å². The summed E-state index contributed by atoms with van der Waals surface area (Å²) in [6, 6.07) is 11.3. The largest absolute Gasteiger partial charge is 0.303 e. The number of hydrogen-bond acceptors (Lipinski definition) is 3. The van der Waals surface area contributed by atoms with Crippen LogP contribution in [-0.2, 0) is 9.59 Å². The molecule has 1 aromatic carbocycles. The van der Waals surface area contributed by atoms with Crippen LogP contribution in [0.25, 0.3) is 5.69 Å². The van der Waals surface area contributed by atoms with Gasteiger partial charge in [-0.3, -0.25) is 0 Å². The van der Waals surface area contributed by atoms with Gasteiger partial charge in [-0.1, -0.05) is 32.0 Å². The van der Waals surface area contributed by atoms with E-state index in [1.54, 1.807) is 30.8 Å². The van der Waals surface area contributed by atoms with Crippen LogP contribution in [0.15, 0.2) is 42.6 Å². The maximum absolute atomic E-state index is 11.4. The number of nitrogens with zero attached hydrogens (tertiary/aromatic N) is 2. The van der Waals surface area contributed by atoms with Gasteiger partial charge in [0.2, 0.25) is 0 Å². The molecule has 0 saturated carbocycles. The highest BCUT2D eigenvalue weighted by Gasteiger charge is 2.32. The molecule has 0 N–H and O–H groups in total. The van der Waals surface area contributed by atoms with Crippen molar-refractivity contribution in [3.05, 3.63) is 48.3 Å². The van der Waals surface area contributed by atoms with Gasteiger partial charge in [-0.15, -0.1) is 0 Å². The molecule has 0 aliphatic heterocycles. The van der Waals surface area contributed by atoms with Gasteiger partial charge in [0.25, 0.3) is 0 Å². The molecule has 0 amide bonds. The molecule has 4 nitrogen and oxygen atoms in total. The fraction of sp³-hybridized carbons (Fsp3) is 0.267. The van der Waals surface area contributed by atoms with E-state index in [1.807, 2.05) is 30.3 Å². The lowest BCUT2D eigenvalue weighted by atomic mass is 9.79. The van der Waals surface area contributed by atoms with Crippen LogP contribution in [0, 0.1) is 5.41 Å². The maximum atomic E-state index is 11.4. The standard InChI is InChI=1S/C15H16N2O2/c1-15(2,11-19)13(10-18)14-8-9-16-17(14)12-6-4-3-5-7-12/h3-11,13H,1-2H3. The van der Waals surface area contributed by atoms with Crippen LogP contribution in [-0.4, -0.2) is 22.4 Å². The average Bonchev–Trinajstić information content (AvgIpc) is 2.89. The summed E-state index contributed by atoms with van der Waals surface area (Å²) in [4.78, 5) is 22.6. The van der Waals surface area contributed by atoms with Gasteiger partial charge in [-0.05, 0) is 18.2 Å². The summed E-state index contributed by atoms with van der Waals surface area (Å²) < 4.78 is 1.70. The van der Waals surface area contributed by atoms with Crippen molar-refractivity contribution in [3.63, 3.8) is 0 Å². The zero-order chi connectivity index (χ0) is 13.9. The number of benzene rings is 1. The predicted molar refractivity (Wildman–Crippen MR) is 72.2 cm³/mol. The quantitative estimate of drug-likeness (QED) is 0.772. The molecule has 0 aliphatic rings. The van der Waals surface area contributed by atoms with E-state index in [2.05, 4.69) is 5.10 Å². The van der Waals surface area contributed by atoms with E-state index in [0.29, 0.717) is 0 Å². The molecule has 0 radical (unpaired) electrons. The van der Waals surface area contributed by atoms with Gasteiger partial charge in [0, 0.05) is 11.6 Å². The predicted octanol–water partition coefficient (Wildman–Crippen LogP) is 2.38. The molecule has 0 saturated heterocycles. The van der Waals surface area contributed by atoms with Gasteiger partial charge in [0.1, 0.15) is 12.6 Å². The molecule has 1 aromatic heterocycles. The number of aldehydes is 2. The molecule has 2 aromatic rings. The van der Waals surface area contributed by atoms with Crippen LogP contribution in [0.1, 0.15) is 25.5 Å². The van der Waals surface area contributed by atoms with Gasteiger partial charge in [0.15, 0.2) is 0 Å². The number of para-hydroxylation sites is 1. The zero-order valence-corrected chi connectivity index (χ0v) is 11.0. The first kappa shape index (κ1) is 13.2. The summed E-state index contributed by atoms with van der Waals surface area (Å²) >= 11 is 0. The van der Waals surface area contributed by atoms with Gasteiger partial charge in [-0.25, -0.2) is 4.68 Å². The monoisotopic (exact) mass is 256 g/mol. The highest BCUT2D eigenvalue weighted by atomic mass is 16.1. The van der Waals surface area contributed by atoms with Crippen molar-refractivity contribution < 1.29 is 9.59 Å². The molecule has 1 heterocycles. The highest BCUT2D eigenvalue weighted by Crippen LogP contribution is 2.32. The van der Waals surface area contributed by atoms with Gasteiger partial charge >= 0.3 is 0 Å². The molecular formula is C15H16N2O2. The minimum absolute atomic E-state index is 0.521. The minimum Gasteiger partial charge on any atom is -0.303 e. The number of carbonyl (C=O) groups excluding carboxylic acids is 2. The summed E-state index contributed by atoms with van der Waals surface area (Å²) in [6.45, 7) is 3.50. The zero-order valence-electron chi connectivity index (χ0n) is 11.0. The van der Waals surface area contributed by atoms with Crippen molar-refractivity contribution in [2.45, 2.75) is 19.8 Å². The van der Waals surface area contributed by atoms with E-state index in [-0.39, 0.29) is 0 Å². The molecular weight excluding hydrogens is 240 g/mol. The summed E-state index contributed by atoms with van der Waals surface area (Å²) in [6.07, 6.45) is 3.26. The molecule has 19 heavy (non-hydrogen) atoms. The van der Waals surface area contributed by atoms with Crippen LogP contribution in [0.4, 0.5) is 0 Å². The number of rotatable bonds is 5. The van der Waals surface area contributed by atoms with Gasteiger partial charge in [-0.2, -0.15) is 5.10 Å². The number of hydrogen-bond donors (Lipinski definition) is 0. The van der Waals surface area contributed by atoms with E-state index >= 15 is 0 Å². The van der Waals surface area contributed by atoms with Crippen molar-refractivity contribution in [2.75, 3.05) is 0 Å². The summed E-state index contributed by atoms with van der Waals surface area (Å²) in [5.41, 5.74) is 0.836. The first-order valence-corrected chi connectivity index (χ1v) is 6.11. The van der Waals surface area contributed by atoms with E-state index in [1.165, 1.54) is 0 Å². The summed E-state index contributed by atoms with van der Waals surface area (Å²) in [5, 5.41) is 4.24. The third kappa shape index (κ3) is 2.47. The number of carbonyl (C=O) groups is 2. The second-order valence-electron chi connectivity index (χ2n) is 5.06. The van der Waals surface area contributed by atoms with Crippen LogP contribution >= 0.6 is 0 Å². The van der Waals surface area contributed by atoms with Crippen LogP contribution < -0.4 is 0 Å². The Morgan fingerprint density at radius 2 is 1.84 bits per heavy atom. The second-order valence-corrected chi connectivity index (χ2v) is 5.06. The smallest absolute Gasteiger partial charge is 0.130 e. The third-order valence-electron chi connectivity index (χ3n) is 3.23. The average molecular weight is 256 g/mol. The number of aromatic nitrogens is 2. The molecule has 98 valence electrons. The Balaban J connectivity index is 2.50. The van der Waals surface area contributed by atoms with E-state index in [0.717, 1.165) is 24.0 Å². The fourth-order valence-electron chi connectivity index (χ4n) is 2.03. The summed E-state index contributed by atoms with van der Waals surface area (Å²) in [7, 11) is 0. The minimum atomic E-state index is -0.756. The Kier molecular flexibility index (Phi) is 3.60. The maximum Gasteiger partial charge on any atom is 0.130 e. The van der Waals surface area contributed by atoms with Crippen molar-refractivity contribution in [2.24, 2.45) is 5.41 Å². The van der Waals surface area contributed by atoms with Gasteiger partial charge in [0.05, 0.1) is 17.3 Å². The second kappa shape index (κ2) is 5.18. The molecule has 4 heteroatoms. The first-order chi connectivity index (χ1) is 9.10. The Morgan fingerprint density at radius 3 is 2.42 bits per heavy atom. The molecule has 0 spiro atoms. The molecule has 2 rings (SSSR count). The van der Waals surface area contributed by atoms with Crippen LogP contribution in [0.3, 0.4) is 0 Å². The Morgan fingerprint density at radius 1 is 1.16 bits per heavy atom. The summed E-state index contributed by atoms with van der Waals surface area (Å²) in [5.74, 6) is -0.521. The first-order valence-electron chi connectivity index (χ1n) is 6.11. The van der Waals surface area contributed by atoms with E-state index < -0.39 is 11.3 Å². The van der Waals surface area contributed by atoms with Gasteiger partial charge < -0.3 is 9.59 Å². The molecule has 0 aliphatic carbocycles. The Labute approximate surface area is 112 Å². The van der Waals surface area contributed by atoms with Crippen molar-refractivity contribution in [1.29, 1.82) is 0 Å². The lowest BCUT2D eigenvalue weighted by Crippen LogP contribution is -2.27. The molecule has 1 unspecified atom stereocenters. The Bertz CT molecular complexity index is 573. The fourth-order valence-corrected chi connectivity index (χ4v) is 2.03. The highest BCUT2D eigenvalue weighted by molar-refractivity contribution is 5.73. The van der Waals surface area contributed by atoms with Crippen molar-refractivity contribution in [1.82, 2.24) is 9.78 Å².